The lowest BCUT2D eigenvalue weighted by atomic mass is 9.95. The van der Waals surface area contributed by atoms with Gasteiger partial charge in [-0.2, -0.15) is 0 Å². The van der Waals surface area contributed by atoms with E-state index in [-0.39, 0.29) is 5.91 Å². The number of nitrogens with one attached hydrogen (secondary N) is 1. The smallest absolute Gasteiger partial charge is 0.254 e. The number of nitrogens with zero attached hydrogens (tertiary/aromatic N) is 1. The van der Waals surface area contributed by atoms with E-state index in [0.717, 1.165) is 35.3 Å². The monoisotopic (exact) mass is 282 g/mol. The Morgan fingerprint density at radius 2 is 1.95 bits per heavy atom. The molecule has 1 N–H and O–H groups in total. The Balaban J connectivity index is 1.65. The SMILES string of the molecule is O=C(c1cccc2[nH]ccc12)N1CCCC1C1CCCC1. The lowest BCUT2D eigenvalue weighted by molar-refractivity contribution is 0.0691. The standard InChI is InChI=1S/C18H22N2O/c21-18(15-7-3-8-16-14(15)10-11-19-16)20-12-4-9-17(20)13-5-1-2-6-13/h3,7-8,10-11,13,17,19H,1-2,4-6,9,12H2. The van der Waals surface area contributed by atoms with Gasteiger partial charge in [-0.15, -0.1) is 0 Å². The third-order valence-corrected chi connectivity index (χ3v) is 5.33. The normalized spacial score (nSPS) is 23.2. The summed E-state index contributed by atoms with van der Waals surface area (Å²) in [5.74, 6) is 0.969. The molecule has 4 rings (SSSR count). The predicted octanol–water partition coefficient (Wildman–Crippen LogP) is 3.96. The Labute approximate surface area is 125 Å². The van der Waals surface area contributed by atoms with E-state index in [4.69, 9.17) is 0 Å². The van der Waals surface area contributed by atoms with E-state index < -0.39 is 0 Å². The molecule has 1 aliphatic carbocycles. The Bertz CT molecular complexity index is 654. The van der Waals surface area contributed by atoms with Gasteiger partial charge in [0.05, 0.1) is 0 Å². The third-order valence-electron chi connectivity index (χ3n) is 5.33. The maximum absolute atomic E-state index is 13.0. The molecule has 2 aliphatic rings. The van der Waals surface area contributed by atoms with Crippen LogP contribution in [-0.2, 0) is 0 Å². The van der Waals surface area contributed by atoms with E-state index in [0.29, 0.717) is 6.04 Å². The first-order valence-electron chi connectivity index (χ1n) is 8.21. The fourth-order valence-electron chi connectivity index (χ4n) is 4.30. The van der Waals surface area contributed by atoms with Crippen LogP contribution in [0.2, 0.25) is 0 Å². The van der Waals surface area contributed by atoms with Crippen LogP contribution in [0.3, 0.4) is 0 Å². The van der Waals surface area contributed by atoms with Gasteiger partial charge in [0.15, 0.2) is 0 Å². The average molecular weight is 282 g/mol. The van der Waals surface area contributed by atoms with Gasteiger partial charge >= 0.3 is 0 Å². The predicted molar refractivity (Wildman–Crippen MR) is 84.3 cm³/mol. The summed E-state index contributed by atoms with van der Waals surface area (Å²) in [6, 6.07) is 8.48. The molecule has 2 aromatic rings. The molecule has 0 radical (unpaired) electrons. The average Bonchev–Trinajstić information content (AvgIpc) is 3.23. The molecular weight excluding hydrogens is 260 g/mol. The van der Waals surface area contributed by atoms with Crippen molar-refractivity contribution in [3.63, 3.8) is 0 Å². The summed E-state index contributed by atoms with van der Waals surface area (Å²) in [4.78, 5) is 18.4. The number of amides is 1. The van der Waals surface area contributed by atoms with E-state index in [2.05, 4.69) is 9.88 Å². The molecule has 3 nitrogen and oxygen atoms in total. The van der Waals surface area contributed by atoms with Crippen LogP contribution in [0.5, 0.6) is 0 Å². The lowest BCUT2D eigenvalue weighted by Crippen LogP contribution is -2.39. The van der Waals surface area contributed by atoms with Crippen molar-refractivity contribution in [2.45, 2.75) is 44.6 Å². The third kappa shape index (κ3) is 2.15. The molecule has 1 aromatic heterocycles. The molecule has 21 heavy (non-hydrogen) atoms. The van der Waals surface area contributed by atoms with Crippen molar-refractivity contribution >= 4 is 16.8 Å². The highest BCUT2D eigenvalue weighted by Gasteiger charge is 2.36. The number of likely N-dealkylation sites (tertiary alicyclic amines) is 1. The number of H-pyrrole nitrogens is 1. The van der Waals surface area contributed by atoms with Crippen LogP contribution in [0, 0.1) is 5.92 Å². The first-order valence-corrected chi connectivity index (χ1v) is 8.21. The largest absolute Gasteiger partial charge is 0.361 e. The molecule has 1 saturated heterocycles. The highest BCUT2D eigenvalue weighted by molar-refractivity contribution is 6.06. The second kappa shape index (κ2) is 5.21. The van der Waals surface area contributed by atoms with Crippen molar-refractivity contribution in [3.05, 3.63) is 36.0 Å². The first-order chi connectivity index (χ1) is 10.3. The number of aromatic nitrogens is 1. The number of aromatic amines is 1. The molecule has 0 spiro atoms. The maximum atomic E-state index is 13.0. The molecular formula is C18H22N2O. The van der Waals surface area contributed by atoms with Gasteiger partial charge in [0.1, 0.15) is 0 Å². The molecule has 2 fully saturated rings. The van der Waals surface area contributed by atoms with Gasteiger partial charge in [-0.1, -0.05) is 18.9 Å². The number of fused-ring (bicyclic) bond motifs is 1. The number of benzene rings is 1. The van der Waals surface area contributed by atoms with Crippen LogP contribution in [0.1, 0.15) is 48.9 Å². The Morgan fingerprint density at radius 1 is 1.10 bits per heavy atom. The van der Waals surface area contributed by atoms with Crippen LogP contribution >= 0.6 is 0 Å². The number of carbonyl (C=O) groups is 1. The molecule has 2 heterocycles. The van der Waals surface area contributed by atoms with Gasteiger partial charge in [0.2, 0.25) is 0 Å². The van der Waals surface area contributed by atoms with Crippen LogP contribution in [-0.4, -0.2) is 28.4 Å². The number of hydrogen-bond donors (Lipinski definition) is 1. The highest BCUT2D eigenvalue weighted by atomic mass is 16.2. The van der Waals surface area contributed by atoms with Crippen LogP contribution in [0.25, 0.3) is 10.9 Å². The summed E-state index contributed by atoms with van der Waals surface area (Å²) in [5.41, 5.74) is 1.91. The summed E-state index contributed by atoms with van der Waals surface area (Å²) < 4.78 is 0. The quantitative estimate of drug-likeness (QED) is 0.889. The summed E-state index contributed by atoms with van der Waals surface area (Å²) in [6.45, 7) is 0.931. The van der Waals surface area contributed by atoms with Gasteiger partial charge < -0.3 is 9.88 Å². The zero-order chi connectivity index (χ0) is 14.2. The van der Waals surface area contributed by atoms with Gasteiger partial charge in [0, 0.05) is 35.2 Å². The fraction of sp³-hybridized carbons (Fsp3) is 0.500. The van der Waals surface area contributed by atoms with Gasteiger partial charge in [0.25, 0.3) is 5.91 Å². The van der Waals surface area contributed by atoms with E-state index in [1.807, 2.05) is 30.5 Å². The highest BCUT2D eigenvalue weighted by Crippen LogP contribution is 2.36. The second-order valence-electron chi connectivity index (χ2n) is 6.50. The van der Waals surface area contributed by atoms with Crippen LogP contribution in [0.4, 0.5) is 0 Å². The molecule has 1 unspecified atom stereocenters. The van der Waals surface area contributed by atoms with Crippen molar-refractivity contribution in [1.29, 1.82) is 0 Å². The number of hydrogen-bond acceptors (Lipinski definition) is 1. The Kier molecular flexibility index (Phi) is 3.21. The van der Waals surface area contributed by atoms with Crippen LogP contribution < -0.4 is 0 Å². The van der Waals surface area contributed by atoms with Crippen molar-refractivity contribution in [3.8, 4) is 0 Å². The van der Waals surface area contributed by atoms with Crippen molar-refractivity contribution < 1.29 is 4.79 Å². The summed E-state index contributed by atoms with van der Waals surface area (Å²) in [7, 11) is 0. The molecule has 0 bridgehead atoms. The minimum atomic E-state index is 0.231. The number of carbonyl (C=O) groups excluding carboxylic acids is 1. The maximum Gasteiger partial charge on any atom is 0.254 e. The fourth-order valence-corrected chi connectivity index (χ4v) is 4.30. The van der Waals surface area contributed by atoms with E-state index >= 15 is 0 Å². The Hall–Kier alpha value is -1.77. The molecule has 1 aliphatic heterocycles. The minimum Gasteiger partial charge on any atom is -0.361 e. The van der Waals surface area contributed by atoms with Gasteiger partial charge in [-0.25, -0.2) is 0 Å². The molecule has 1 aromatic carbocycles. The van der Waals surface area contributed by atoms with Gasteiger partial charge in [-0.05, 0) is 49.8 Å². The second-order valence-corrected chi connectivity index (χ2v) is 6.50. The van der Waals surface area contributed by atoms with Gasteiger partial charge in [-0.3, -0.25) is 4.79 Å². The Morgan fingerprint density at radius 3 is 2.81 bits per heavy atom. The van der Waals surface area contributed by atoms with Crippen molar-refractivity contribution in [2.24, 2.45) is 5.92 Å². The topological polar surface area (TPSA) is 36.1 Å². The zero-order valence-corrected chi connectivity index (χ0v) is 12.3. The molecule has 110 valence electrons. The molecule has 1 saturated carbocycles. The molecule has 1 atom stereocenters. The molecule has 1 amide bonds. The summed E-state index contributed by atoms with van der Waals surface area (Å²) >= 11 is 0. The zero-order valence-electron chi connectivity index (χ0n) is 12.3. The lowest BCUT2D eigenvalue weighted by Gasteiger charge is -2.29. The first kappa shape index (κ1) is 12.9. The van der Waals surface area contributed by atoms with Crippen molar-refractivity contribution in [1.82, 2.24) is 9.88 Å². The van der Waals surface area contributed by atoms with E-state index in [9.17, 15) is 4.79 Å². The van der Waals surface area contributed by atoms with Crippen LogP contribution in [0.15, 0.2) is 30.5 Å². The minimum absolute atomic E-state index is 0.231. The summed E-state index contributed by atoms with van der Waals surface area (Å²) in [5, 5.41) is 1.06. The van der Waals surface area contributed by atoms with E-state index in [1.165, 1.54) is 32.1 Å². The van der Waals surface area contributed by atoms with E-state index in [1.54, 1.807) is 0 Å². The molecule has 3 heteroatoms. The van der Waals surface area contributed by atoms with Crippen molar-refractivity contribution in [2.75, 3.05) is 6.54 Å². The number of rotatable bonds is 2. The summed E-state index contributed by atoms with van der Waals surface area (Å²) in [6.07, 6.45) is 9.58.